The fourth-order valence-corrected chi connectivity index (χ4v) is 4.41. The van der Waals surface area contributed by atoms with Gasteiger partial charge in [0, 0.05) is 26.8 Å². The van der Waals surface area contributed by atoms with Crippen molar-refractivity contribution >= 4 is 23.2 Å². The quantitative estimate of drug-likeness (QED) is 0.224. The summed E-state index contributed by atoms with van der Waals surface area (Å²) in [5.41, 5.74) is 2.72. The van der Waals surface area contributed by atoms with Gasteiger partial charge in [0.2, 0.25) is 11.8 Å². The maximum atomic E-state index is 15.1. The number of nitrogens with one attached hydrogen (secondary N) is 2. The predicted molar refractivity (Wildman–Crippen MR) is 169 cm³/mol. The number of anilines is 3. The summed E-state index contributed by atoms with van der Waals surface area (Å²) in [7, 11) is 7.77. The molecule has 0 bridgehead atoms. The molecule has 2 N–H and O–H groups in total. The first kappa shape index (κ1) is 31.3. The van der Waals surface area contributed by atoms with E-state index in [9.17, 15) is 4.79 Å². The largest absolute Gasteiger partial charge is 0.438 e. The normalized spacial score (nSPS) is 11.4. The van der Waals surface area contributed by atoms with Crippen LogP contribution >= 0.6 is 0 Å². The van der Waals surface area contributed by atoms with Crippen molar-refractivity contribution in [3.8, 4) is 23.0 Å². The zero-order valence-electron chi connectivity index (χ0n) is 25.8. The van der Waals surface area contributed by atoms with Gasteiger partial charge in [-0.2, -0.15) is 4.98 Å². The molecule has 0 aliphatic rings. The van der Waals surface area contributed by atoms with Gasteiger partial charge in [0.05, 0.1) is 22.5 Å². The Morgan fingerprint density at radius 2 is 1.79 bits per heavy atom. The molecule has 0 aliphatic carbocycles. The highest BCUT2D eigenvalue weighted by Gasteiger charge is 2.21. The lowest BCUT2D eigenvalue weighted by Crippen LogP contribution is -2.25. The Bertz CT molecular complexity index is 1570. The van der Waals surface area contributed by atoms with E-state index in [1.54, 1.807) is 25.4 Å². The average Bonchev–Trinajstić information content (AvgIpc) is 2.97. The molecule has 2 aromatic carbocycles. The topological polar surface area (TPSA) is 108 Å². The van der Waals surface area contributed by atoms with Crippen molar-refractivity contribution in [3.63, 3.8) is 0 Å². The summed E-state index contributed by atoms with van der Waals surface area (Å²) in [6, 6.07) is 13.5. The number of ether oxygens (including phenoxy) is 1. The third-order valence-corrected chi connectivity index (χ3v) is 6.83. The molecule has 4 rings (SSSR count). The highest BCUT2D eigenvalue weighted by Crippen LogP contribution is 2.34. The first-order valence-electron chi connectivity index (χ1n) is 14.1. The molecule has 0 atom stereocenters. The lowest BCUT2D eigenvalue weighted by Gasteiger charge is -2.26. The predicted octanol–water partition coefficient (Wildman–Crippen LogP) is 5.84. The third kappa shape index (κ3) is 8.01. The lowest BCUT2D eigenvalue weighted by molar-refractivity contribution is 0.102. The molecule has 0 saturated carbocycles. The SMILES string of the molecule is CNc1ncnc(-c2cccnc2Oc2ccc(F)c(C(=O)Nc3cc(C(C)(C)C)ccc3N(C)CCCN(C)C)c2)n1. The maximum Gasteiger partial charge on any atom is 0.258 e. The zero-order chi connectivity index (χ0) is 31.1. The maximum absolute atomic E-state index is 15.1. The summed E-state index contributed by atoms with van der Waals surface area (Å²) in [6.45, 7) is 8.05. The fraction of sp³-hybridized carbons (Fsp3) is 0.344. The minimum atomic E-state index is -0.671. The number of hydrogen-bond donors (Lipinski definition) is 2. The molecule has 226 valence electrons. The fourth-order valence-electron chi connectivity index (χ4n) is 4.41. The van der Waals surface area contributed by atoms with E-state index in [0.717, 1.165) is 30.8 Å². The number of carbonyl (C=O) groups excluding carboxylic acids is 1. The molecule has 11 heteroatoms. The number of aromatic nitrogens is 4. The van der Waals surface area contributed by atoms with Crippen molar-refractivity contribution in [1.82, 2.24) is 24.8 Å². The number of rotatable bonds is 11. The van der Waals surface area contributed by atoms with E-state index in [1.165, 1.54) is 24.5 Å². The van der Waals surface area contributed by atoms with E-state index in [-0.39, 0.29) is 22.6 Å². The summed E-state index contributed by atoms with van der Waals surface area (Å²) in [6.07, 6.45) is 3.89. The lowest BCUT2D eigenvalue weighted by atomic mass is 9.86. The molecule has 0 fully saturated rings. The van der Waals surface area contributed by atoms with Gasteiger partial charge in [0.25, 0.3) is 5.91 Å². The first-order chi connectivity index (χ1) is 20.5. The molecule has 0 spiro atoms. The van der Waals surface area contributed by atoms with Crippen molar-refractivity contribution in [2.75, 3.05) is 56.8 Å². The van der Waals surface area contributed by atoms with Crippen molar-refractivity contribution in [2.24, 2.45) is 0 Å². The third-order valence-electron chi connectivity index (χ3n) is 6.83. The van der Waals surface area contributed by atoms with Crippen LogP contribution in [0, 0.1) is 5.82 Å². The van der Waals surface area contributed by atoms with E-state index in [2.05, 4.69) is 67.2 Å². The minimum Gasteiger partial charge on any atom is -0.438 e. The van der Waals surface area contributed by atoms with Gasteiger partial charge >= 0.3 is 0 Å². The van der Waals surface area contributed by atoms with Gasteiger partial charge in [-0.25, -0.2) is 19.3 Å². The second kappa shape index (κ2) is 13.6. The molecular weight excluding hydrogens is 547 g/mol. The van der Waals surface area contributed by atoms with Crippen LogP contribution < -0.4 is 20.3 Å². The highest BCUT2D eigenvalue weighted by atomic mass is 19.1. The van der Waals surface area contributed by atoms with Gasteiger partial charge in [0.1, 0.15) is 17.9 Å². The van der Waals surface area contributed by atoms with Gasteiger partial charge < -0.3 is 25.2 Å². The average molecular weight is 587 g/mol. The van der Waals surface area contributed by atoms with Crippen LogP contribution in [0.3, 0.4) is 0 Å². The Labute approximate surface area is 252 Å². The monoisotopic (exact) mass is 586 g/mol. The van der Waals surface area contributed by atoms with Gasteiger partial charge in [-0.1, -0.05) is 26.8 Å². The molecule has 0 unspecified atom stereocenters. The van der Waals surface area contributed by atoms with Gasteiger partial charge in [-0.3, -0.25) is 4.79 Å². The van der Waals surface area contributed by atoms with E-state index >= 15 is 4.39 Å². The van der Waals surface area contributed by atoms with Crippen LogP contribution in [0.5, 0.6) is 11.6 Å². The van der Waals surface area contributed by atoms with Crippen LogP contribution in [0.2, 0.25) is 0 Å². The molecule has 0 saturated heterocycles. The number of halogens is 1. The van der Waals surface area contributed by atoms with Crippen molar-refractivity contribution in [3.05, 3.63) is 78.0 Å². The Morgan fingerprint density at radius 3 is 2.51 bits per heavy atom. The molecule has 43 heavy (non-hydrogen) atoms. The van der Waals surface area contributed by atoms with E-state index < -0.39 is 11.7 Å². The van der Waals surface area contributed by atoms with Crippen LogP contribution in [0.25, 0.3) is 11.4 Å². The Hall–Kier alpha value is -4.64. The summed E-state index contributed by atoms with van der Waals surface area (Å²) in [5, 5.41) is 5.84. The van der Waals surface area contributed by atoms with Crippen LogP contribution in [0.1, 0.15) is 43.1 Å². The second-order valence-corrected chi connectivity index (χ2v) is 11.5. The van der Waals surface area contributed by atoms with Crippen LogP contribution in [-0.4, -0.2) is 72.0 Å². The first-order valence-corrected chi connectivity index (χ1v) is 14.1. The summed E-state index contributed by atoms with van der Waals surface area (Å²) in [4.78, 5) is 34.7. The molecular formula is C32H39FN8O2. The van der Waals surface area contributed by atoms with Crippen LogP contribution in [0.4, 0.5) is 21.7 Å². The number of hydrogen-bond acceptors (Lipinski definition) is 9. The Morgan fingerprint density at radius 1 is 1.00 bits per heavy atom. The van der Waals surface area contributed by atoms with Crippen molar-refractivity contribution in [2.45, 2.75) is 32.6 Å². The number of nitrogens with zero attached hydrogens (tertiary/aromatic N) is 6. The van der Waals surface area contributed by atoms with Crippen molar-refractivity contribution < 1.29 is 13.9 Å². The number of amides is 1. The molecule has 4 aromatic rings. The van der Waals surface area contributed by atoms with Crippen LogP contribution in [0.15, 0.2) is 61.1 Å². The minimum absolute atomic E-state index is 0.145. The van der Waals surface area contributed by atoms with Gasteiger partial charge in [0.15, 0.2) is 5.82 Å². The smallest absolute Gasteiger partial charge is 0.258 e. The molecule has 1 amide bonds. The number of pyridine rings is 1. The van der Waals surface area contributed by atoms with Gasteiger partial charge in [-0.05, 0) is 80.5 Å². The molecule has 2 heterocycles. The number of carbonyl (C=O) groups is 1. The summed E-state index contributed by atoms with van der Waals surface area (Å²) < 4.78 is 21.1. The number of benzene rings is 2. The van der Waals surface area contributed by atoms with E-state index in [4.69, 9.17) is 4.74 Å². The highest BCUT2D eigenvalue weighted by molar-refractivity contribution is 6.06. The summed E-state index contributed by atoms with van der Waals surface area (Å²) in [5.74, 6) is -0.0845. The zero-order valence-corrected chi connectivity index (χ0v) is 25.8. The van der Waals surface area contributed by atoms with E-state index in [0.29, 0.717) is 23.0 Å². The molecule has 0 radical (unpaired) electrons. The summed E-state index contributed by atoms with van der Waals surface area (Å²) >= 11 is 0. The van der Waals surface area contributed by atoms with E-state index in [1.807, 2.05) is 33.3 Å². The standard InChI is InChI=1S/C32H39FN8O2/c1-32(2,3)21-11-14-27(41(7)17-9-16-40(5)6)26(18-21)38-29(42)24-19-22(12-13-25(24)33)43-30-23(10-8-15-35-30)28-36-20-37-31(34-4)39-28/h8,10-15,18-20H,9,16-17H2,1-7H3,(H,38,42)(H,34,36,37,39). The molecule has 10 nitrogen and oxygen atoms in total. The van der Waals surface area contributed by atoms with Crippen LogP contribution in [-0.2, 0) is 5.41 Å². The van der Waals surface area contributed by atoms with Crippen molar-refractivity contribution in [1.29, 1.82) is 0 Å². The van der Waals surface area contributed by atoms with Gasteiger partial charge in [-0.15, -0.1) is 0 Å². The molecule has 0 aliphatic heterocycles. The second-order valence-electron chi connectivity index (χ2n) is 11.5. The Kier molecular flexibility index (Phi) is 9.87. The Balaban J connectivity index is 1.62. The molecule has 2 aromatic heterocycles.